The van der Waals surface area contributed by atoms with Crippen LogP contribution in [0.25, 0.3) is 6.08 Å². The Labute approximate surface area is 182 Å². The lowest BCUT2D eigenvalue weighted by atomic mass is 10.1. The molecule has 0 saturated heterocycles. The Balaban J connectivity index is 2.23. The number of carbonyl (C=O) groups is 1. The molecule has 0 bridgehead atoms. The molecular formula is C19H19F2N3O7S. The molecule has 10 nitrogen and oxygen atoms in total. The first-order valence-electron chi connectivity index (χ1n) is 8.78. The molecule has 0 atom stereocenters. The summed E-state index contributed by atoms with van der Waals surface area (Å²) in [6.45, 7) is -3.21. The Morgan fingerprint density at radius 2 is 1.81 bits per heavy atom. The summed E-state index contributed by atoms with van der Waals surface area (Å²) in [6, 6.07) is 7.24. The fourth-order valence-corrected chi connectivity index (χ4v) is 3.38. The zero-order valence-electron chi connectivity index (χ0n) is 17.1. The lowest BCUT2D eigenvalue weighted by Gasteiger charge is -2.11. The molecule has 0 aliphatic rings. The molecule has 0 fully saturated rings. The summed E-state index contributed by atoms with van der Waals surface area (Å²) in [6.07, 6.45) is 2.09. The molecule has 1 amide bonds. The Kier molecular flexibility index (Phi) is 7.83. The molecule has 0 spiro atoms. The smallest absolute Gasteiger partial charge is 0.387 e. The summed E-state index contributed by atoms with van der Waals surface area (Å²) in [5, 5.41) is 13.8. The highest BCUT2D eigenvalue weighted by Crippen LogP contribution is 2.36. The van der Waals surface area contributed by atoms with Crippen molar-refractivity contribution in [2.75, 3.05) is 26.5 Å². The predicted octanol–water partition coefficient (Wildman–Crippen LogP) is 3.11. The van der Waals surface area contributed by atoms with E-state index in [0.29, 0.717) is 0 Å². The third kappa shape index (κ3) is 5.98. The van der Waals surface area contributed by atoms with Gasteiger partial charge in [-0.1, -0.05) is 0 Å². The Morgan fingerprint density at radius 1 is 1.19 bits per heavy atom. The number of benzene rings is 2. The maximum Gasteiger partial charge on any atom is 0.387 e. The standard InChI is InChI=1S/C19H19F2N3O7S/c1-23(2)32(28,29)14-7-5-13(6-8-14)22-18(25)9-4-12-10-16(30-3)17(31-19(20)21)11-15(12)24(26)27/h4-11,19H,1-3H3,(H,22,25)/b9-4+. The minimum absolute atomic E-state index is 0.0323. The van der Waals surface area contributed by atoms with Crippen LogP contribution in [-0.4, -0.2) is 51.4 Å². The van der Waals surface area contributed by atoms with E-state index in [9.17, 15) is 32.1 Å². The number of nitro benzene ring substituents is 1. The number of amides is 1. The summed E-state index contributed by atoms with van der Waals surface area (Å²) in [5.74, 6) is -1.38. The molecule has 172 valence electrons. The van der Waals surface area contributed by atoms with E-state index < -0.39 is 38.9 Å². The van der Waals surface area contributed by atoms with Crippen molar-refractivity contribution in [2.45, 2.75) is 11.5 Å². The van der Waals surface area contributed by atoms with Gasteiger partial charge in [-0.2, -0.15) is 8.78 Å². The summed E-state index contributed by atoms with van der Waals surface area (Å²) in [4.78, 5) is 22.7. The molecule has 2 aromatic rings. The fraction of sp³-hybridized carbons (Fsp3) is 0.211. The molecule has 0 aliphatic heterocycles. The van der Waals surface area contributed by atoms with E-state index in [-0.39, 0.29) is 21.9 Å². The average Bonchev–Trinajstić information content (AvgIpc) is 2.72. The van der Waals surface area contributed by atoms with E-state index in [1.54, 1.807) is 0 Å². The van der Waals surface area contributed by atoms with Crippen molar-refractivity contribution in [3.05, 3.63) is 58.2 Å². The molecule has 0 saturated carbocycles. The van der Waals surface area contributed by atoms with Gasteiger partial charge in [0.1, 0.15) is 0 Å². The molecule has 0 aliphatic carbocycles. The lowest BCUT2D eigenvalue weighted by Crippen LogP contribution is -2.22. The number of hydrogen-bond donors (Lipinski definition) is 1. The molecular weight excluding hydrogens is 452 g/mol. The summed E-state index contributed by atoms with van der Waals surface area (Å²) in [5.41, 5.74) is -0.384. The molecule has 2 aromatic carbocycles. The van der Waals surface area contributed by atoms with Crippen molar-refractivity contribution in [1.82, 2.24) is 4.31 Å². The first-order chi connectivity index (χ1) is 14.9. The largest absolute Gasteiger partial charge is 0.493 e. The molecule has 13 heteroatoms. The number of nitro groups is 1. The van der Waals surface area contributed by atoms with E-state index in [1.165, 1.54) is 45.5 Å². The SMILES string of the molecule is COc1cc(/C=C/C(=O)Nc2ccc(S(=O)(=O)N(C)C)cc2)c([N+](=O)[O-])cc1OC(F)F. The van der Waals surface area contributed by atoms with Crippen molar-refractivity contribution in [2.24, 2.45) is 0 Å². The van der Waals surface area contributed by atoms with Crippen molar-refractivity contribution < 1.29 is 36.4 Å². The number of alkyl halides is 2. The minimum Gasteiger partial charge on any atom is -0.493 e. The minimum atomic E-state index is -3.63. The van der Waals surface area contributed by atoms with Crippen LogP contribution in [0.3, 0.4) is 0 Å². The van der Waals surface area contributed by atoms with Crippen LogP contribution in [0.5, 0.6) is 11.5 Å². The number of nitrogens with zero attached hydrogens (tertiary/aromatic N) is 2. The number of hydrogen-bond acceptors (Lipinski definition) is 7. The van der Waals surface area contributed by atoms with Gasteiger partial charge in [-0.25, -0.2) is 12.7 Å². The second kappa shape index (κ2) is 10.2. The Hall–Kier alpha value is -3.58. The summed E-state index contributed by atoms with van der Waals surface area (Å²) in [7, 11) is 0.311. The number of ether oxygens (including phenoxy) is 2. The number of methoxy groups -OCH3 is 1. The number of nitrogens with one attached hydrogen (secondary N) is 1. The van der Waals surface area contributed by atoms with Crippen LogP contribution in [0.15, 0.2) is 47.4 Å². The first kappa shape index (κ1) is 24.7. The van der Waals surface area contributed by atoms with Gasteiger partial charge in [-0.15, -0.1) is 0 Å². The number of sulfonamides is 1. The monoisotopic (exact) mass is 471 g/mol. The lowest BCUT2D eigenvalue weighted by molar-refractivity contribution is -0.385. The van der Waals surface area contributed by atoms with Gasteiger partial charge >= 0.3 is 6.61 Å². The molecule has 1 N–H and O–H groups in total. The molecule has 0 unspecified atom stereocenters. The number of anilines is 1. The van der Waals surface area contributed by atoms with Gasteiger partial charge in [0.05, 0.1) is 28.6 Å². The van der Waals surface area contributed by atoms with E-state index >= 15 is 0 Å². The number of halogens is 2. The van der Waals surface area contributed by atoms with Crippen molar-refractivity contribution in [3.8, 4) is 11.5 Å². The highest BCUT2D eigenvalue weighted by atomic mass is 32.2. The van der Waals surface area contributed by atoms with Gasteiger partial charge in [0.15, 0.2) is 11.5 Å². The summed E-state index contributed by atoms with van der Waals surface area (Å²) >= 11 is 0. The van der Waals surface area contributed by atoms with Gasteiger partial charge < -0.3 is 14.8 Å². The summed E-state index contributed by atoms with van der Waals surface area (Å²) < 4.78 is 59.3. The third-order valence-electron chi connectivity index (χ3n) is 4.04. The van der Waals surface area contributed by atoms with Gasteiger partial charge in [-0.05, 0) is 36.4 Å². The second-order valence-electron chi connectivity index (χ2n) is 6.33. The van der Waals surface area contributed by atoms with Crippen LogP contribution in [0, 0.1) is 10.1 Å². The Bertz CT molecular complexity index is 1130. The topological polar surface area (TPSA) is 128 Å². The number of carbonyl (C=O) groups excluding carboxylic acids is 1. The van der Waals surface area contributed by atoms with E-state index in [1.807, 2.05) is 0 Å². The maximum absolute atomic E-state index is 12.5. The van der Waals surface area contributed by atoms with Crippen LogP contribution in [0.4, 0.5) is 20.2 Å². The van der Waals surface area contributed by atoms with Crippen LogP contribution in [0.2, 0.25) is 0 Å². The van der Waals surface area contributed by atoms with Crippen molar-refractivity contribution >= 4 is 33.4 Å². The van der Waals surface area contributed by atoms with Crippen LogP contribution in [0.1, 0.15) is 5.56 Å². The predicted molar refractivity (Wildman–Crippen MR) is 111 cm³/mol. The quantitative estimate of drug-likeness (QED) is 0.338. The molecule has 0 radical (unpaired) electrons. The average molecular weight is 471 g/mol. The van der Waals surface area contributed by atoms with E-state index in [4.69, 9.17) is 4.74 Å². The van der Waals surface area contributed by atoms with Crippen LogP contribution in [-0.2, 0) is 14.8 Å². The van der Waals surface area contributed by atoms with E-state index in [2.05, 4.69) is 10.1 Å². The van der Waals surface area contributed by atoms with Crippen LogP contribution >= 0.6 is 0 Å². The molecule has 0 aromatic heterocycles. The highest BCUT2D eigenvalue weighted by Gasteiger charge is 2.21. The Morgan fingerprint density at radius 3 is 2.31 bits per heavy atom. The molecule has 32 heavy (non-hydrogen) atoms. The zero-order chi connectivity index (χ0) is 24.1. The van der Waals surface area contributed by atoms with Gasteiger partial charge in [0.25, 0.3) is 5.69 Å². The first-order valence-corrected chi connectivity index (χ1v) is 10.2. The zero-order valence-corrected chi connectivity index (χ0v) is 17.9. The van der Waals surface area contributed by atoms with Gasteiger partial charge in [-0.3, -0.25) is 14.9 Å². The number of rotatable bonds is 9. The highest BCUT2D eigenvalue weighted by molar-refractivity contribution is 7.89. The maximum atomic E-state index is 12.5. The van der Waals surface area contributed by atoms with Gasteiger partial charge in [0, 0.05) is 25.9 Å². The second-order valence-corrected chi connectivity index (χ2v) is 8.48. The van der Waals surface area contributed by atoms with Crippen LogP contribution < -0.4 is 14.8 Å². The van der Waals surface area contributed by atoms with Crippen molar-refractivity contribution in [3.63, 3.8) is 0 Å². The fourth-order valence-electron chi connectivity index (χ4n) is 2.47. The van der Waals surface area contributed by atoms with Crippen molar-refractivity contribution in [1.29, 1.82) is 0 Å². The molecule has 2 rings (SSSR count). The van der Waals surface area contributed by atoms with E-state index in [0.717, 1.165) is 28.6 Å². The molecule has 0 heterocycles. The third-order valence-corrected chi connectivity index (χ3v) is 5.87. The normalized spacial score (nSPS) is 11.7. The van der Waals surface area contributed by atoms with Gasteiger partial charge in [0.2, 0.25) is 15.9 Å².